The smallest absolute Gasteiger partial charge is 0.228 e. The predicted molar refractivity (Wildman–Crippen MR) is 284 cm³/mol. The minimum Gasteiger partial charge on any atom is -0.411 e. The van der Waals surface area contributed by atoms with Crippen LogP contribution in [0.4, 0.5) is 0 Å². The first kappa shape index (κ1) is 46.4. The zero-order chi connectivity index (χ0) is 44.2. The maximum absolute atomic E-state index is 7.78. The van der Waals surface area contributed by atoms with Crippen LogP contribution in [0.1, 0.15) is 20.8 Å². The van der Waals surface area contributed by atoms with Crippen molar-refractivity contribution in [3.05, 3.63) is 193 Å². The molecule has 0 aromatic heterocycles. The van der Waals surface area contributed by atoms with Gasteiger partial charge >= 0.3 is 0 Å². The van der Waals surface area contributed by atoms with Crippen LogP contribution in [0.3, 0.4) is 0 Å². The number of rotatable bonds is 13. The molecule has 61 heavy (non-hydrogen) atoms. The predicted octanol–water partition coefficient (Wildman–Crippen LogP) is 9.96. The summed E-state index contributed by atoms with van der Waals surface area (Å²) in [4.78, 5) is 0. The topological polar surface area (TPSA) is 9.23 Å². The first-order chi connectivity index (χ1) is 28.8. The van der Waals surface area contributed by atoms with Crippen molar-refractivity contribution >= 4 is 77.9 Å². The Morgan fingerprint density at radius 1 is 0.426 bits per heavy atom. The van der Waals surface area contributed by atoms with E-state index in [9.17, 15) is 0 Å². The molecule has 0 aliphatic heterocycles. The normalized spacial score (nSPS) is 13.9. The van der Waals surface area contributed by atoms with Gasteiger partial charge < -0.3 is 4.43 Å². The largest absolute Gasteiger partial charge is 0.411 e. The molecule has 0 saturated carbocycles. The van der Waals surface area contributed by atoms with Crippen molar-refractivity contribution in [2.24, 2.45) is 5.41 Å². The number of hydrogen-bond acceptors (Lipinski definition) is 1. The van der Waals surface area contributed by atoms with E-state index in [1.165, 1.54) is 36.3 Å². The molecule has 6 aromatic rings. The molecule has 0 saturated heterocycles. The lowest BCUT2D eigenvalue weighted by Gasteiger charge is -2.50. The summed E-state index contributed by atoms with van der Waals surface area (Å²) >= 11 is 0. The summed E-state index contributed by atoms with van der Waals surface area (Å²) in [5.74, 6) is 0. The maximum atomic E-state index is 7.78. The zero-order valence-corrected chi connectivity index (χ0v) is 44.9. The Hall–Kier alpha value is -4.12. The lowest BCUT2D eigenvalue weighted by Crippen LogP contribution is -2.75. The Labute approximate surface area is 375 Å². The second-order valence-electron chi connectivity index (χ2n) is 20.8. The summed E-state index contributed by atoms with van der Waals surface area (Å²) in [6.45, 7) is 30.3. The Balaban J connectivity index is 1.91. The molecule has 1 atom stereocenters. The van der Waals surface area contributed by atoms with Crippen LogP contribution in [0.15, 0.2) is 193 Å². The molecule has 0 radical (unpaired) electrons. The van der Waals surface area contributed by atoms with Crippen molar-refractivity contribution in [1.82, 2.24) is 0 Å². The third kappa shape index (κ3) is 9.47. The molecule has 1 unspecified atom stereocenters. The highest BCUT2D eigenvalue weighted by atomic mass is 29.6. The molecule has 0 heterocycles. The highest BCUT2D eigenvalue weighted by Crippen LogP contribution is 2.40. The van der Waals surface area contributed by atoms with Crippen LogP contribution in [-0.4, -0.2) is 52.9 Å². The van der Waals surface area contributed by atoms with Gasteiger partial charge in [-0.05, 0) is 61.4 Å². The van der Waals surface area contributed by atoms with E-state index in [0.29, 0.717) is 0 Å². The Kier molecular flexibility index (Phi) is 13.9. The lowest BCUT2D eigenvalue weighted by molar-refractivity contribution is 0.117. The zero-order valence-electron chi connectivity index (χ0n) is 38.9. The van der Waals surface area contributed by atoms with E-state index in [0.717, 1.165) is 0 Å². The van der Waals surface area contributed by atoms with Gasteiger partial charge in [-0.15, -0.1) is 11.1 Å². The minimum absolute atomic E-state index is 0.132. The fourth-order valence-corrected chi connectivity index (χ4v) is 61.8. The van der Waals surface area contributed by atoms with E-state index < -0.39 is 46.8 Å². The van der Waals surface area contributed by atoms with Crippen LogP contribution >= 0.6 is 0 Å². The average Bonchev–Trinajstić information content (AvgIpc) is 3.23. The lowest BCUT2D eigenvalue weighted by atomic mass is 9.89. The van der Waals surface area contributed by atoms with Crippen molar-refractivity contribution in [3.8, 4) is 11.1 Å². The van der Waals surface area contributed by atoms with Gasteiger partial charge in [0.15, 0.2) is 16.4 Å². The maximum Gasteiger partial charge on any atom is 0.228 e. The van der Waals surface area contributed by atoms with Crippen LogP contribution in [0.25, 0.3) is 0 Å². The summed E-state index contributed by atoms with van der Waals surface area (Å²) < 4.78 is 7.78. The van der Waals surface area contributed by atoms with Crippen LogP contribution in [0.5, 0.6) is 0 Å². The Morgan fingerprint density at radius 3 is 0.951 bits per heavy atom. The van der Waals surface area contributed by atoms with Gasteiger partial charge in [-0.25, -0.2) is 0 Å². The van der Waals surface area contributed by atoms with Crippen LogP contribution in [0.2, 0.25) is 58.9 Å². The standard InChI is InChI=1S/C54H68OSi6/c1-54(2,3)53(55-56(4,5)6)52(61(49-37-25-16-26-38-49,50-39-27-17-28-40-50)51-41-29-18-30-42-51)45-59(57(7,8)9,58(10,11)12)43-44-60(46-31-19-13-20-32-46,47-33-21-14-22-34-47)48-35-23-15-24-36-48/h13-42,45,53H,1-12H3/b52-45+. The second kappa shape index (κ2) is 18.3. The van der Waals surface area contributed by atoms with Gasteiger partial charge in [0.05, 0.1) is 21.3 Å². The summed E-state index contributed by atoms with van der Waals surface area (Å²) in [5, 5.41) is 9.73. The van der Waals surface area contributed by atoms with Crippen molar-refractivity contribution in [3.63, 3.8) is 0 Å². The van der Waals surface area contributed by atoms with E-state index in [2.05, 4.69) is 278 Å². The highest BCUT2D eigenvalue weighted by molar-refractivity contribution is 7.73. The molecule has 0 spiro atoms. The fraction of sp³-hybridized carbons (Fsp3) is 0.259. The molecule has 6 aromatic carbocycles. The van der Waals surface area contributed by atoms with Gasteiger partial charge in [0.1, 0.15) is 7.11 Å². The molecular weight excluding hydrogens is 833 g/mol. The van der Waals surface area contributed by atoms with Crippen LogP contribution in [-0.2, 0) is 4.43 Å². The van der Waals surface area contributed by atoms with E-state index in [-0.39, 0.29) is 11.5 Å². The van der Waals surface area contributed by atoms with Crippen LogP contribution in [0, 0.1) is 16.5 Å². The van der Waals surface area contributed by atoms with E-state index in [1.807, 2.05) is 0 Å². The van der Waals surface area contributed by atoms with Crippen LogP contribution < -0.4 is 31.1 Å². The molecule has 0 N–H and O–H groups in total. The molecule has 0 bridgehead atoms. The highest BCUT2D eigenvalue weighted by Gasteiger charge is 2.57. The van der Waals surface area contributed by atoms with Gasteiger partial charge in [0, 0.05) is 0 Å². The quantitative estimate of drug-likeness (QED) is 0.0638. The summed E-state index contributed by atoms with van der Waals surface area (Å²) in [6.07, 6.45) is -0.132. The molecule has 0 aliphatic rings. The number of hydrogen-bond donors (Lipinski definition) is 0. The average molecular weight is 902 g/mol. The van der Waals surface area contributed by atoms with Gasteiger partial charge in [-0.2, -0.15) is 0 Å². The van der Waals surface area contributed by atoms with Crippen molar-refractivity contribution < 1.29 is 4.43 Å². The Morgan fingerprint density at radius 2 is 0.705 bits per heavy atom. The first-order valence-electron chi connectivity index (χ1n) is 22.1. The molecule has 0 aliphatic carbocycles. The molecule has 7 heteroatoms. The van der Waals surface area contributed by atoms with E-state index in [4.69, 9.17) is 4.43 Å². The summed E-state index contributed by atoms with van der Waals surface area (Å²) in [5.41, 5.74) is 11.9. The molecule has 6 rings (SSSR count). The monoisotopic (exact) mass is 900 g/mol. The van der Waals surface area contributed by atoms with Crippen molar-refractivity contribution in [2.75, 3.05) is 0 Å². The third-order valence-corrected chi connectivity index (χ3v) is 58.2. The van der Waals surface area contributed by atoms with Gasteiger partial charge in [0.2, 0.25) is 8.07 Å². The van der Waals surface area contributed by atoms with Crippen molar-refractivity contribution in [2.45, 2.75) is 85.8 Å². The van der Waals surface area contributed by atoms with Gasteiger partial charge in [0.25, 0.3) is 0 Å². The molecule has 0 amide bonds. The van der Waals surface area contributed by atoms with Gasteiger partial charge in [-0.1, -0.05) is 248 Å². The minimum atomic E-state index is -3.08. The molecule has 314 valence electrons. The summed E-state index contributed by atoms with van der Waals surface area (Å²) in [7, 11) is -15.1. The number of benzene rings is 6. The molecule has 0 fully saturated rings. The molecule has 1 nitrogen and oxygen atoms in total. The van der Waals surface area contributed by atoms with Crippen molar-refractivity contribution in [1.29, 1.82) is 0 Å². The fourth-order valence-electron chi connectivity index (χ4n) is 9.68. The van der Waals surface area contributed by atoms with Gasteiger partial charge in [-0.3, -0.25) is 0 Å². The SMILES string of the molecule is CC(C)(C)C(O[Si](C)(C)C)/C(=C\[Si](C#C[Si](c1ccccc1)(c1ccccc1)c1ccccc1)([Si](C)(C)C)[Si](C)(C)C)[Si](c1ccccc1)(c1ccccc1)c1ccccc1. The third-order valence-electron chi connectivity index (χ3n) is 12.4. The first-order valence-corrected chi connectivity index (χ1v) is 40.5. The second-order valence-corrected chi connectivity index (χ2v) is 59.0. The summed E-state index contributed by atoms with van der Waals surface area (Å²) in [6, 6.07) is 68.4. The van der Waals surface area contributed by atoms with E-state index >= 15 is 0 Å². The Bertz CT molecular complexity index is 2210. The molecular formula is C54H68OSi6. The van der Waals surface area contributed by atoms with E-state index in [1.54, 1.807) is 0 Å².